The van der Waals surface area contributed by atoms with Crippen LogP contribution in [0, 0.1) is 0 Å². The minimum Gasteiger partial charge on any atom is -0.436 e. The molecule has 0 aromatic carbocycles. The third-order valence-corrected chi connectivity index (χ3v) is 2.14. The van der Waals surface area contributed by atoms with Crippen LogP contribution in [-0.4, -0.2) is 18.9 Å². The molecule has 76 valence electrons. The van der Waals surface area contributed by atoms with Gasteiger partial charge >= 0.3 is 5.97 Å². The predicted molar refractivity (Wildman–Crippen MR) is 49.2 cm³/mol. The molecule has 1 heterocycles. The third-order valence-electron chi connectivity index (χ3n) is 2.14. The van der Waals surface area contributed by atoms with E-state index in [1.807, 2.05) is 0 Å². The molecule has 1 saturated heterocycles. The van der Waals surface area contributed by atoms with E-state index in [2.05, 4.69) is 6.92 Å². The highest BCUT2D eigenvalue weighted by Gasteiger charge is 2.19. The quantitative estimate of drug-likeness (QED) is 0.488. The number of unbranched alkanes of at least 4 members (excludes halogenated alkanes) is 2. The molecule has 0 aliphatic carbocycles. The molecule has 13 heavy (non-hydrogen) atoms. The Bertz CT molecular complexity index is 156. The fourth-order valence-electron chi connectivity index (χ4n) is 1.36. The van der Waals surface area contributed by atoms with E-state index in [1.165, 1.54) is 12.8 Å². The van der Waals surface area contributed by atoms with E-state index < -0.39 is 0 Å². The topological polar surface area (TPSA) is 35.5 Å². The Morgan fingerprint density at radius 2 is 2.38 bits per heavy atom. The molecule has 1 unspecified atom stereocenters. The van der Waals surface area contributed by atoms with Crippen molar-refractivity contribution in [2.24, 2.45) is 0 Å². The Hall–Kier alpha value is -0.570. The molecule has 0 radical (unpaired) electrons. The first-order valence-corrected chi connectivity index (χ1v) is 5.14. The number of hydrogen-bond acceptors (Lipinski definition) is 3. The highest BCUT2D eigenvalue weighted by molar-refractivity contribution is 5.69. The van der Waals surface area contributed by atoms with Gasteiger partial charge in [0.25, 0.3) is 0 Å². The van der Waals surface area contributed by atoms with E-state index in [0.29, 0.717) is 13.0 Å². The van der Waals surface area contributed by atoms with Gasteiger partial charge in [-0.2, -0.15) is 0 Å². The van der Waals surface area contributed by atoms with Crippen molar-refractivity contribution in [2.75, 3.05) is 6.61 Å². The van der Waals surface area contributed by atoms with Crippen molar-refractivity contribution < 1.29 is 14.3 Å². The van der Waals surface area contributed by atoms with Gasteiger partial charge in [0.15, 0.2) is 0 Å². The summed E-state index contributed by atoms with van der Waals surface area (Å²) in [5.41, 5.74) is 0. The maximum absolute atomic E-state index is 10.9. The van der Waals surface area contributed by atoms with Crippen LogP contribution in [-0.2, 0) is 14.3 Å². The van der Waals surface area contributed by atoms with Crippen molar-refractivity contribution in [3.8, 4) is 0 Å². The highest BCUT2D eigenvalue weighted by atomic mass is 16.7. The van der Waals surface area contributed by atoms with E-state index in [0.717, 1.165) is 19.3 Å². The summed E-state index contributed by atoms with van der Waals surface area (Å²) in [6.45, 7) is 2.87. The lowest BCUT2D eigenvalue weighted by Gasteiger charge is -2.22. The number of ether oxygens (including phenoxy) is 2. The van der Waals surface area contributed by atoms with Crippen molar-refractivity contribution in [3.05, 3.63) is 0 Å². The fraction of sp³-hybridized carbons (Fsp3) is 0.900. The van der Waals surface area contributed by atoms with Gasteiger partial charge in [-0.05, 0) is 12.8 Å². The molecular formula is C10H18O3. The molecule has 3 heteroatoms. The number of cyclic esters (lactones) is 1. The van der Waals surface area contributed by atoms with E-state index in [4.69, 9.17) is 9.47 Å². The molecular weight excluding hydrogens is 168 g/mol. The van der Waals surface area contributed by atoms with Crippen LogP contribution in [0.3, 0.4) is 0 Å². The minimum absolute atomic E-state index is 0.119. The Morgan fingerprint density at radius 3 is 3.08 bits per heavy atom. The van der Waals surface area contributed by atoms with Crippen molar-refractivity contribution in [3.63, 3.8) is 0 Å². The summed E-state index contributed by atoms with van der Waals surface area (Å²) in [5, 5.41) is 0. The molecule has 0 saturated carbocycles. The standard InChI is InChI=1S/C10H18O3/c1-2-3-4-8-12-10-7-5-6-9(11)13-10/h10H,2-8H2,1H3. The van der Waals surface area contributed by atoms with Gasteiger partial charge in [0.2, 0.25) is 6.29 Å². The lowest BCUT2D eigenvalue weighted by Crippen LogP contribution is -2.26. The second kappa shape index (κ2) is 5.97. The Balaban J connectivity index is 2.03. The van der Waals surface area contributed by atoms with Gasteiger partial charge < -0.3 is 9.47 Å². The lowest BCUT2D eigenvalue weighted by atomic mass is 10.2. The molecule has 0 bridgehead atoms. The van der Waals surface area contributed by atoms with Gasteiger partial charge in [-0.25, -0.2) is 0 Å². The molecule has 0 N–H and O–H groups in total. The van der Waals surface area contributed by atoms with Crippen LogP contribution >= 0.6 is 0 Å². The largest absolute Gasteiger partial charge is 0.436 e. The summed E-state index contributed by atoms with van der Waals surface area (Å²) in [6, 6.07) is 0. The monoisotopic (exact) mass is 186 g/mol. The number of hydrogen-bond donors (Lipinski definition) is 0. The van der Waals surface area contributed by atoms with Crippen LogP contribution < -0.4 is 0 Å². The molecule has 0 aromatic rings. The van der Waals surface area contributed by atoms with Crippen LogP contribution in [0.1, 0.15) is 45.4 Å². The van der Waals surface area contributed by atoms with E-state index in [-0.39, 0.29) is 12.3 Å². The first kappa shape index (κ1) is 10.5. The summed E-state index contributed by atoms with van der Waals surface area (Å²) >= 11 is 0. The molecule has 3 nitrogen and oxygen atoms in total. The Labute approximate surface area is 79.4 Å². The van der Waals surface area contributed by atoms with Crippen molar-refractivity contribution in [1.29, 1.82) is 0 Å². The smallest absolute Gasteiger partial charge is 0.308 e. The third kappa shape index (κ3) is 4.27. The molecule has 1 fully saturated rings. The average Bonchev–Trinajstić information content (AvgIpc) is 2.13. The van der Waals surface area contributed by atoms with Crippen LogP contribution in [0.25, 0.3) is 0 Å². The van der Waals surface area contributed by atoms with Gasteiger partial charge in [-0.3, -0.25) is 4.79 Å². The van der Waals surface area contributed by atoms with Gasteiger partial charge in [0.1, 0.15) is 0 Å². The second-order valence-electron chi connectivity index (χ2n) is 3.39. The maximum atomic E-state index is 10.9. The molecule has 0 amide bonds. The average molecular weight is 186 g/mol. The molecule has 1 aliphatic rings. The van der Waals surface area contributed by atoms with E-state index >= 15 is 0 Å². The summed E-state index contributed by atoms with van der Waals surface area (Å²) in [6.07, 6.45) is 5.47. The number of rotatable bonds is 5. The van der Waals surface area contributed by atoms with Crippen LogP contribution in [0.4, 0.5) is 0 Å². The Morgan fingerprint density at radius 1 is 1.54 bits per heavy atom. The van der Waals surface area contributed by atoms with Crippen LogP contribution in [0.15, 0.2) is 0 Å². The Kier molecular flexibility index (Phi) is 4.83. The minimum atomic E-state index is -0.266. The van der Waals surface area contributed by atoms with Gasteiger partial charge in [0.05, 0.1) is 6.61 Å². The lowest BCUT2D eigenvalue weighted by molar-refractivity contribution is -0.188. The number of carbonyl (C=O) groups is 1. The van der Waals surface area contributed by atoms with E-state index in [1.54, 1.807) is 0 Å². The molecule has 0 spiro atoms. The first-order valence-electron chi connectivity index (χ1n) is 5.14. The predicted octanol–water partition coefficient (Wildman–Crippen LogP) is 2.25. The summed E-state index contributed by atoms with van der Waals surface area (Å²) in [5.74, 6) is -0.119. The van der Waals surface area contributed by atoms with Gasteiger partial charge in [-0.1, -0.05) is 19.8 Å². The molecule has 0 aromatic heterocycles. The molecule has 1 rings (SSSR count). The number of carbonyl (C=O) groups excluding carboxylic acids is 1. The summed E-state index contributed by atoms with van der Waals surface area (Å²) < 4.78 is 10.4. The second-order valence-corrected chi connectivity index (χ2v) is 3.39. The van der Waals surface area contributed by atoms with Crippen molar-refractivity contribution in [2.45, 2.75) is 51.7 Å². The van der Waals surface area contributed by atoms with Crippen LogP contribution in [0.5, 0.6) is 0 Å². The van der Waals surface area contributed by atoms with Crippen LogP contribution in [0.2, 0.25) is 0 Å². The molecule has 1 aliphatic heterocycles. The maximum Gasteiger partial charge on any atom is 0.308 e. The van der Waals surface area contributed by atoms with Gasteiger partial charge in [-0.15, -0.1) is 0 Å². The summed E-state index contributed by atoms with van der Waals surface area (Å²) in [4.78, 5) is 10.9. The fourth-order valence-corrected chi connectivity index (χ4v) is 1.36. The molecule has 1 atom stereocenters. The van der Waals surface area contributed by atoms with Crippen molar-refractivity contribution >= 4 is 5.97 Å². The SMILES string of the molecule is CCCCCOC1CCCC(=O)O1. The zero-order valence-corrected chi connectivity index (χ0v) is 8.25. The zero-order chi connectivity index (χ0) is 9.52. The summed E-state index contributed by atoms with van der Waals surface area (Å²) in [7, 11) is 0. The van der Waals surface area contributed by atoms with Gasteiger partial charge in [0, 0.05) is 12.8 Å². The van der Waals surface area contributed by atoms with Crippen molar-refractivity contribution in [1.82, 2.24) is 0 Å². The normalized spacial score (nSPS) is 22.8. The first-order chi connectivity index (χ1) is 6.33. The zero-order valence-electron chi connectivity index (χ0n) is 8.25. The number of esters is 1. The highest BCUT2D eigenvalue weighted by Crippen LogP contribution is 2.15. The van der Waals surface area contributed by atoms with E-state index in [9.17, 15) is 4.79 Å².